The van der Waals surface area contributed by atoms with Gasteiger partial charge in [-0.05, 0) is 50.2 Å². The second-order valence-electron chi connectivity index (χ2n) is 5.01. The van der Waals surface area contributed by atoms with Crippen LogP contribution in [0.25, 0.3) is 0 Å². The molecule has 0 aliphatic rings. The zero-order valence-electron chi connectivity index (χ0n) is 14.0. The number of hydrogen-bond acceptors (Lipinski definition) is 3. The average molecular weight is 439 g/mol. The maximum absolute atomic E-state index is 4.62. The molecule has 0 aliphatic carbocycles. The average Bonchev–Trinajstić information content (AvgIpc) is 2.88. The number of unbranched alkanes of at least 4 members (excludes halogenated alkanes) is 1. The van der Waals surface area contributed by atoms with Gasteiger partial charge in [0.15, 0.2) is 5.96 Å². The van der Waals surface area contributed by atoms with E-state index in [1.165, 1.54) is 24.2 Å². The van der Waals surface area contributed by atoms with Crippen molar-refractivity contribution in [1.29, 1.82) is 0 Å². The summed E-state index contributed by atoms with van der Waals surface area (Å²) in [6, 6.07) is 0. The van der Waals surface area contributed by atoms with Crippen molar-refractivity contribution >= 4 is 41.7 Å². The first kappa shape index (κ1) is 21.6. The summed E-state index contributed by atoms with van der Waals surface area (Å²) in [5.74, 6) is 2.17. The van der Waals surface area contributed by atoms with E-state index in [4.69, 9.17) is 0 Å². The Kier molecular flexibility index (Phi) is 13.9. The Morgan fingerprint density at radius 2 is 2.14 bits per heavy atom. The number of aliphatic imine (C=N–C) groups is 1. The van der Waals surface area contributed by atoms with Gasteiger partial charge < -0.3 is 10.6 Å². The summed E-state index contributed by atoms with van der Waals surface area (Å²) < 4.78 is 1.85. The van der Waals surface area contributed by atoms with Gasteiger partial charge in [-0.1, -0.05) is 0 Å². The SMILES string of the molecule is CCNC(=NCCCc1cnn(C)c1)NCCCCSC.I. The van der Waals surface area contributed by atoms with Gasteiger partial charge >= 0.3 is 0 Å². The van der Waals surface area contributed by atoms with E-state index in [9.17, 15) is 0 Å². The van der Waals surface area contributed by atoms with Crippen molar-refractivity contribution in [2.45, 2.75) is 32.6 Å². The third-order valence-electron chi connectivity index (χ3n) is 3.06. The monoisotopic (exact) mass is 439 g/mol. The predicted octanol–water partition coefficient (Wildman–Crippen LogP) is 2.67. The number of nitrogens with zero attached hydrogens (tertiary/aromatic N) is 3. The molecule has 5 nitrogen and oxygen atoms in total. The van der Waals surface area contributed by atoms with Crippen LogP contribution in [0, 0.1) is 0 Å². The van der Waals surface area contributed by atoms with Crippen LogP contribution in [0.1, 0.15) is 31.7 Å². The molecule has 0 amide bonds. The summed E-state index contributed by atoms with van der Waals surface area (Å²) in [6.07, 6.45) is 10.7. The van der Waals surface area contributed by atoms with Crippen LogP contribution in [0.3, 0.4) is 0 Å². The topological polar surface area (TPSA) is 54.2 Å². The minimum atomic E-state index is 0. The summed E-state index contributed by atoms with van der Waals surface area (Å²) >= 11 is 1.91. The highest BCUT2D eigenvalue weighted by atomic mass is 127. The van der Waals surface area contributed by atoms with E-state index in [1.54, 1.807) is 0 Å². The molecule has 22 heavy (non-hydrogen) atoms. The predicted molar refractivity (Wildman–Crippen MR) is 109 cm³/mol. The van der Waals surface area contributed by atoms with Gasteiger partial charge in [-0.15, -0.1) is 24.0 Å². The molecule has 0 atom stereocenters. The van der Waals surface area contributed by atoms with Gasteiger partial charge in [0, 0.05) is 32.9 Å². The van der Waals surface area contributed by atoms with Crippen molar-refractivity contribution in [1.82, 2.24) is 20.4 Å². The number of guanidine groups is 1. The first-order chi connectivity index (χ1) is 10.3. The van der Waals surface area contributed by atoms with Crippen molar-refractivity contribution in [2.75, 3.05) is 31.6 Å². The normalized spacial score (nSPS) is 11.1. The van der Waals surface area contributed by atoms with Gasteiger partial charge in [0.25, 0.3) is 0 Å². The number of hydrogen-bond donors (Lipinski definition) is 2. The molecule has 1 rings (SSSR count). The van der Waals surface area contributed by atoms with Crippen LogP contribution in [0.2, 0.25) is 0 Å². The molecule has 0 unspecified atom stereocenters. The molecule has 0 bridgehead atoms. The van der Waals surface area contributed by atoms with Gasteiger partial charge in [0.1, 0.15) is 0 Å². The van der Waals surface area contributed by atoms with Gasteiger partial charge in [0.05, 0.1) is 6.20 Å². The lowest BCUT2D eigenvalue weighted by molar-refractivity contribution is 0.729. The fourth-order valence-electron chi connectivity index (χ4n) is 1.99. The highest BCUT2D eigenvalue weighted by Gasteiger charge is 1.98. The molecule has 0 saturated heterocycles. The molecule has 7 heteroatoms. The van der Waals surface area contributed by atoms with Crippen molar-refractivity contribution in [3.05, 3.63) is 18.0 Å². The van der Waals surface area contributed by atoms with Crippen LogP contribution in [-0.2, 0) is 13.5 Å². The van der Waals surface area contributed by atoms with Crippen LogP contribution in [0.15, 0.2) is 17.4 Å². The van der Waals surface area contributed by atoms with Crippen molar-refractivity contribution in [3.8, 4) is 0 Å². The summed E-state index contributed by atoms with van der Waals surface area (Å²) in [4.78, 5) is 4.62. The minimum absolute atomic E-state index is 0. The van der Waals surface area contributed by atoms with Crippen LogP contribution < -0.4 is 10.6 Å². The van der Waals surface area contributed by atoms with Crippen LogP contribution in [-0.4, -0.2) is 47.4 Å². The Balaban J connectivity index is 0.00000441. The standard InChI is InChI=1S/C15H29N5S.HI/c1-4-16-15(17-9-5-6-11-21-3)18-10-7-8-14-12-19-20(2)13-14;/h12-13H,4-11H2,1-3H3,(H2,16,17,18);1H. The molecule has 1 aromatic heterocycles. The largest absolute Gasteiger partial charge is 0.357 e. The first-order valence-corrected chi connectivity index (χ1v) is 9.14. The van der Waals surface area contributed by atoms with Crippen LogP contribution in [0.5, 0.6) is 0 Å². The van der Waals surface area contributed by atoms with E-state index < -0.39 is 0 Å². The molecule has 0 aromatic carbocycles. The summed E-state index contributed by atoms with van der Waals surface area (Å²) in [5, 5.41) is 10.9. The summed E-state index contributed by atoms with van der Waals surface area (Å²) in [6.45, 7) is 4.84. The zero-order valence-corrected chi connectivity index (χ0v) is 17.1. The smallest absolute Gasteiger partial charge is 0.191 e. The second kappa shape index (κ2) is 14.2. The van der Waals surface area contributed by atoms with E-state index in [1.807, 2.05) is 29.7 Å². The number of rotatable bonds is 10. The molecule has 0 aliphatic heterocycles. The number of halogens is 1. The Labute approximate surface area is 156 Å². The zero-order chi connectivity index (χ0) is 15.3. The Bertz CT molecular complexity index is 408. The number of aromatic nitrogens is 2. The molecule has 1 heterocycles. The van der Waals surface area contributed by atoms with Gasteiger partial charge in [-0.3, -0.25) is 9.67 Å². The Morgan fingerprint density at radius 3 is 2.77 bits per heavy atom. The maximum atomic E-state index is 4.62. The first-order valence-electron chi connectivity index (χ1n) is 7.75. The van der Waals surface area contributed by atoms with E-state index in [-0.39, 0.29) is 24.0 Å². The number of aryl methyl sites for hydroxylation is 2. The summed E-state index contributed by atoms with van der Waals surface area (Å²) in [7, 11) is 1.95. The fourth-order valence-corrected chi connectivity index (χ4v) is 2.49. The molecule has 0 spiro atoms. The van der Waals surface area contributed by atoms with Gasteiger partial charge in [-0.25, -0.2) is 0 Å². The lowest BCUT2D eigenvalue weighted by Crippen LogP contribution is -2.37. The van der Waals surface area contributed by atoms with E-state index in [0.717, 1.165) is 38.4 Å². The fraction of sp³-hybridized carbons (Fsp3) is 0.733. The third kappa shape index (κ3) is 10.3. The highest BCUT2D eigenvalue weighted by molar-refractivity contribution is 14.0. The lowest BCUT2D eigenvalue weighted by Gasteiger charge is -2.10. The van der Waals surface area contributed by atoms with Gasteiger partial charge in [0.2, 0.25) is 0 Å². The summed E-state index contributed by atoms with van der Waals surface area (Å²) in [5.41, 5.74) is 1.28. The Hall–Kier alpha value is -0.440. The molecule has 0 radical (unpaired) electrons. The maximum Gasteiger partial charge on any atom is 0.191 e. The van der Waals surface area contributed by atoms with Crippen LogP contribution in [0.4, 0.5) is 0 Å². The van der Waals surface area contributed by atoms with Crippen molar-refractivity contribution in [2.24, 2.45) is 12.0 Å². The van der Waals surface area contributed by atoms with Gasteiger partial charge in [-0.2, -0.15) is 16.9 Å². The van der Waals surface area contributed by atoms with E-state index in [0.29, 0.717) is 0 Å². The Morgan fingerprint density at radius 1 is 1.32 bits per heavy atom. The third-order valence-corrected chi connectivity index (χ3v) is 3.76. The molecule has 0 fully saturated rings. The molecule has 128 valence electrons. The van der Waals surface area contributed by atoms with E-state index >= 15 is 0 Å². The van der Waals surface area contributed by atoms with Crippen molar-refractivity contribution < 1.29 is 0 Å². The molecular weight excluding hydrogens is 409 g/mol. The molecule has 2 N–H and O–H groups in total. The molecule has 1 aromatic rings. The number of nitrogens with one attached hydrogen (secondary N) is 2. The quantitative estimate of drug-likeness (QED) is 0.255. The minimum Gasteiger partial charge on any atom is -0.357 e. The van der Waals surface area contributed by atoms with Crippen LogP contribution >= 0.6 is 35.7 Å². The number of thioether (sulfide) groups is 1. The van der Waals surface area contributed by atoms with E-state index in [2.05, 4.69) is 40.1 Å². The lowest BCUT2D eigenvalue weighted by atomic mass is 10.2. The van der Waals surface area contributed by atoms with Crippen molar-refractivity contribution in [3.63, 3.8) is 0 Å². The second-order valence-corrected chi connectivity index (χ2v) is 6.00. The molecule has 0 saturated carbocycles. The highest BCUT2D eigenvalue weighted by Crippen LogP contribution is 2.01. The molecular formula is C15H30IN5S.